The molecule has 0 amide bonds. The van der Waals surface area contributed by atoms with Gasteiger partial charge in [0, 0.05) is 8.81 Å². The van der Waals surface area contributed by atoms with Crippen LogP contribution in [0, 0.1) is 0 Å². The topological polar surface area (TPSA) is 20.2 Å². The summed E-state index contributed by atoms with van der Waals surface area (Å²) in [6, 6.07) is 58.2. The highest BCUT2D eigenvalue weighted by molar-refractivity contribution is 7.40. The van der Waals surface area contributed by atoms with Crippen LogP contribution in [0.2, 0.25) is 0 Å². The molecule has 0 radical (unpaired) electrons. The van der Waals surface area contributed by atoms with Crippen LogP contribution in [0.25, 0.3) is 67.4 Å². The van der Waals surface area contributed by atoms with Crippen LogP contribution >= 0.6 is 8.81 Å². The van der Waals surface area contributed by atoms with Crippen molar-refractivity contribution in [2.24, 2.45) is 0 Å². The Morgan fingerprint density at radius 1 is 0.341 bits per heavy atom. The molecule has 44 heavy (non-hydrogen) atoms. The van der Waals surface area contributed by atoms with Crippen LogP contribution in [0.15, 0.2) is 164 Å². The average molecular weight is 583 g/mol. The quantitative estimate of drug-likeness (QED) is 0.146. The monoisotopic (exact) mass is 582 g/mol. The van der Waals surface area contributed by atoms with E-state index in [-0.39, 0.29) is 8.81 Å². The van der Waals surface area contributed by atoms with E-state index in [2.05, 4.69) is 164 Å². The van der Waals surface area contributed by atoms with Gasteiger partial charge in [-0.05, 0) is 102 Å². The molecule has 7 aromatic rings. The van der Waals surface area contributed by atoms with E-state index < -0.39 is 0 Å². The molecule has 1 unspecified atom stereocenters. The molecule has 2 heteroatoms. The molecule has 0 aromatic heterocycles. The Labute approximate surface area is 260 Å². The second kappa shape index (κ2) is 12.7. The van der Waals surface area contributed by atoms with E-state index in [0.29, 0.717) is 0 Å². The zero-order chi connectivity index (χ0) is 29.7. The zero-order valence-corrected chi connectivity index (χ0v) is 25.2. The van der Waals surface area contributed by atoms with E-state index in [1.165, 1.54) is 55.3 Å². The molecule has 1 atom stereocenters. The van der Waals surface area contributed by atoms with Gasteiger partial charge in [-0.2, -0.15) is 0 Å². The zero-order valence-electron chi connectivity index (χ0n) is 24.2. The van der Waals surface area contributed by atoms with Gasteiger partial charge in [0.25, 0.3) is 0 Å². The van der Waals surface area contributed by atoms with Crippen molar-refractivity contribution in [2.45, 2.75) is 0 Å². The molecule has 7 aromatic carbocycles. The maximum Gasteiger partial charge on any atom is 0.0420 e. The normalized spacial score (nSPS) is 11.6. The Bertz CT molecular complexity index is 2000. The van der Waals surface area contributed by atoms with E-state index in [0.717, 1.165) is 16.4 Å². The predicted molar refractivity (Wildman–Crippen MR) is 191 cm³/mol. The summed E-state index contributed by atoms with van der Waals surface area (Å²) in [6.07, 6.45) is 4.34. The minimum Gasteiger partial charge on any atom is -0.372 e. The van der Waals surface area contributed by atoms with Crippen molar-refractivity contribution in [1.82, 2.24) is 0 Å². The highest BCUT2D eigenvalue weighted by Crippen LogP contribution is 2.34. The fraction of sp³-hybridized carbons (Fsp3) is 0. The Morgan fingerprint density at radius 2 is 0.773 bits per heavy atom. The van der Waals surface area contributed by atoms with E-state index in [1.54, 1.807) is 0 Å². The van der Waals surface area contributed by atoms with Gasteiger partial charge in [-0.3, -0.25) is 0 Å². The van der Waals surface area contributed by atoms with E-state index >= 15 is 0 Å². The molecule has 1 nitrogen and oxygen atoms in total. The molecule has 0 saturated heterocycles. The van der Waals surface area contributed by atoms with Gasteiger partial charge in [-0.25, -0.2) is 0 Å². The van der Waals surface area contributed by atoms with Crippen LogP contribution in [-0.4, -0.2) is 4.89 Å². The van der Waals surface area contributed by atoms with Gasteiger partial charge >= 0.3 is 0 Å². The summed E-state index contributed by atoms with van der Waals surface area (Å²) in [7, 11) is -0.166. The lowest BCUT2D eigenvalue weighted by molar-refractivity contribution is 0.655. The molecule has 0 aliphatic heterocycles. The maximum atomic E-state index is 9.32. The second-order valence-corrected chi connectivity index (χ2v) is 11.8. The Hall–Kier alpha value is -5.07. The van der Waals surface area contributed by atoms with E-state index in [1.807, 2.05) is 12.1 Å². The minimum atomic E-state index is -0.166. The molecule has 0 bridgehead atoms. The fourth-order valence-corrected chi connectivity index (χ4v) is 5.97. The molecule has 1 N–H and O–H groups in total. The van der Waals surface area contributed by atoms with Crippen LogP contribution in [0.4, 0.5) is 0 Å². The van der Waals surface area contributed by atoms with Gasteiger partial charge in [0.1, 0.15) is 0 Å². The van der Waals surface area contributed by atoms with Gasteiger partial charge in [-0.15, -0.1) is 0 Å². The summed E-state index contributed by atoms with van der Waals surface area (Å²) in [4.78, 5) is 9.32. The molecular formula is C42H31OP. The number of rotatable bonds is 7. The number of benzene rings is 7. The molecular weight excluding hydrogens is 551 g/mol. The van der Waals surface area contributed by atoms with Gasteiger partial charge in [0.15, 0.2) is 0 Å². The van der Waals surface area contributed by atoms with Crippen LogP contribution < -0.4 is 5.30 Å². The molecule has 0 fully saturated rings. The SMILES string of the molecule is OPc1ccc(-c2ccc(/C=C/c3ccc4cc(-c5cc(-c6ccccc6)cc(-c6ccccc6)c5)ccc4c3)cc2)cc1. The summed E-state index contributed by atoms with van der Waals surface area (Å²) in [6.45, 7) is 0. The summed E-state index contributed by atoms with van der Waals surface area (Å²) in [5, 5.41) is 3.40. The van der Waals surface area contributed by atoms with Gasteiger partial charge in [0.2, 0.25) is 0 Å². The summed E-state index contributed by atoms with van der Waals surface area (Å²) < 4.78 is 0. The fourth-order valence-electron chi connectivity index (χ4n) is 5.65. The summed E-state index contributed by atoms with van der Waals surface area (Å²) in [5.74, 6) is 0. The highest BCUT2D eigenvalue weighted by atomic mass is 31.1. The van der Waals surface area contributed by atoms with Crippen molar-refractivity contribution >= 4 is 37.0 Å². The third-order valence-corrected chi connectivity index (χ3v) is 8.66. The Balaban J connectivity index is 1.15. The van der Waals surface area contributed by atoms with Crippen LogP contribution in [0.3, 0.4) is 0 Å². The third-order valence-electron chi connectivity index (χ3n) is 8.07. The van der Waals surface area contributed by atoms with Crippen molar-refractivity contribution in [3.05, 3.63) is 175 Å². The van der Waals surface area contributed by atoms with Crippen LogP contribution in [-0.2, 0) is 0 Å². The Morgan fingerprint density at radius 3 is 1.36 bits per heavy atom. The first-order chi connectivity index (χ1) is 21.7. The second-order valence-electron chi connectivity index (χ2n) is 11.0. The molecule has 0 saturated carbocycles. The predicted octanol–water partition coefficient (Wildman–Crippen LogP) is 10.9. The lowest BCUT2D eigenvalue weighted by Crippen LogP contribution is -1.91. The van der Waals surface area contributed by atoms with Gasteiger partial charge < -0.3 is 4.89 Å². The molecule has 0 spiro atoms. The molecule has 0 aliphatic carbocycles. The van der Waals surface area contributed by atoms with Crippen LogP contribution in [0.1, 0.15) is 11.1 Å². The highest BCUT2D eigenvalue weighted by Gasteiger charge is 2.08. The lowest BCUT2D eigenvalue weighted by atomic mass is 9.92. The molecule has 7 rings (SSSR count). The lowest BCUT2D eigenvalue weighted by Gasteiger charge is -2.12. The first-order valence-electron chi connectivity index (χ1n) is 14.8. The first kappa shape index (κ1) is 27.7. The van der Waals surface area contributed by atoms with Gasteiger partial charge in [-0.1, -0.05) is 146 Å². The smallest absolute Gasteiger partial charge is 0.0420 e. The third kappa shape index (κ3) is 6.17. The molecule has 0 aliphatic rings. The van der Waals surface area contributed by atoms with Crippen molar-refractivity contribution in [3.63, 3.8) is 0 Å². The van der Waals surface area contributed by atoms with Gasteiger partial charge in [0.05, 0.1) is 0 Å². The van der Waals surface area contributed by atoms with E-state index in [4.69, 9.17) is 0 Å². The van der Waals surface area contributed by atoms with Crippen molar-refractivity contribution in [3.8, 4) is 44.5 Å². The molecule has 210 valence electrons. The Kier molecular flexibility index (Phi) is 7.98. The van der Waals surface area contributed by atoms with Crippen molar-refractivity contribution in [2.75, 3.05) is 0 Å². The largest absolute Gasteiger partial charge is 0.372 e. The average Bonchev–Trinajstić information content (AvgIpc) is 3.11. The van der Waals surface area contributed by atoms with Crippen molar-refractivity contribution in [1.29, 1.82) is 0 Å². The number of hydrogen-bond donors (Lipinski definition) is 1. The standard InChI is InChI=1S/C42H31OP/c43-44-42-23-21-35(22-24-42)34-16-13-30(14-17-34)11-12-31-15-18-37-26-38(20-19-36(37)25-31)41-28-39(32-7-3-1-4-8-32)27-40(29-41)33-9-5-2-6-10-33/h1-29,43-44H/b12-11+. The van der Waals surface area contributed by atoms with Crippen LogP contribution in [0.5, 0.6) is 0 Å². The minimum absolute atomic E-state index is 0.166. The van der Waals surface area contributed by atoms with E-state index in [9.17, 15) is 4.89 Å². The van der Waals surface area contributed by atoms with Crippen molar-refractivity contribution < 1.29 is 4.89 Å². The molecule has 0 heterocycles. The number of fused-ring (bicyclic) bond motifs is 1. The number of hydrogen-bond acceptors (Lipinski definition) is 1. The summed E-state index contributed by atoms with van der Waals surface area (Å²) in [5.41, 5.74) is 11.9. The first-order valence-corrected chi connectivity index (χ1v) is 15.8. The summed E-state index contributed by atoms with van der Waals surface area (Å²) >= 11 is 0. The maximum absolute atomic E-state index is 9.32.